The number of likely N-dealkylation sites (tertiary alicyclic amines) is 1. The highest BCUT2D eigenvalue weighted by Crippen LogP contribution is 2.12. The number of nitrogens with one attached hydrogen (secondary N) is 2. The molecule has 144 valence electrons. The molecule has 0 aromatic carbocycles. The van der Waals surface area contributed by atoms with Gasteiger partial charge in [0.1, 0.15) is 0 Å². The van der Waals surface area contributed by atoms with Crippen molar-refractivity contribution in [2.24, 2.45) is 10.9 Å². The van der Waals surface area contributed by atoms with Gasteiger partial charge in [-0.2, -0.15) is 0 Å². The Labute approximate surface area is 163 Å². The van der Waals surface area contributed by atoms with Gasteiger partial charge in [-0.15, -0.1) is 24.0 Å². The van der Waals surface area contributed by atoms with Crippen molar-refractivity contribution in [3.8, 4) is 0 Å². The zero-order chi connectivity index (χ0) is 17.1. The van der Waals surface area contributed by atoms with E-state index in [1.165, 1.54) is 12.8 Å². The van der Waals surface area contributed by atoms with Crippen LogP contribution in [0.25, 0.3) is 0 Å². The summed E-state index contributed by atoms with van der Waals surface area (Å²) in [6.07, 6.45) is 3.13. The van der Waals surface area contributed by atoms with Crippen LogP contribution < -0.4 is 10.6 Å². The van der Waals surface area contributed by atoms with Gasteiger partial charge in [0.15, 0.2) is 5.96 Å². The van der Waals surface area contributed by atoms with Crippen molar-refractivity contribution < 1.29 is 8.78 Å². The predicted octanol–water partition coefficient (Wildman–Crippen LogP) is 3.72. The molecule has 1 aliphatic heterocycles. The van der Waals surface area contributed by atoms with E-state index in [0.29, 0.717) is 6.04 Å². The number of rotatable bonds is 9. The van der Waals surface area contributed by atoms with Gasteiger partial charge in [-0.05, 0) is 32.1 Å². The Kier molecular flexibility index (Phi) is 13.9. The lowest BCUT2D eigenvalue weighted by Gasteiger charge is -2.32. The Hall–Kier alpha value is -0.180. The number of hydrogen-bond donors (Lipinski definition) is 2. The van der Waals surface area contributed by atoms with Gasteiger partial charge in [0.25, 0.3) is 6.43 Å². The molecule has 1 saturated heterocycles. The lowest BCUT2D eigenvalue weighted by molar-refractivity contribution is 0.0744. The first-order chi connectivity index (χ1) is 11.0. The van der Waals surface area contributed by atoms with Crippen LogP contribution in [0.15, 0.2) is 4.99 Å². The summed E-state index contributed by atoms with van der Waals surface area (Å²) >= 11 is 0. The highest BCUT2D eigenvalue weighted by molar-refractivity contribution is 14.0. The van der Waals surface area contributed by atoms with Gasteiger partial charge in [0.2, 0.25) is 0 Å². The van der Waals surface area contributed by atoms with Crippen molar-refractivity contribution in [3.63, 3.8) is 0 Å². The van der Waals surface area contributed by atoms with Crippen molar-refractivity contribution in [1.29, 1.82) is 0 Å². The average Bonchev–Trinajstić information content (AvgIpc) is 2.48. The SMILES string of the molecule is CCNC(=NCCCCC(C)C)NC1CCN(CC(F)F)CC1.I. The van der Waals surface area contributed by atoms with E-state index < -0.39 is 6.43 Å². The standard InChI is InChI=1S/C17H34F2N4.HI/c1-4-20-17(21-10-6-5-7-14(2)3)22-15-8-11-23(12-9-15)13-16(18)19;/h14-16H,4-13H2,1-3H3,(H2,20,21,22);1H. The van der Waals surface area contributed by atoms with E-state index in [1.54, 1.807) is 0 Å². The van der Waals surface area contributed by atoms with Gasteiger partial charge in [-0.3, -0.25) is 9.89 Å². The predicted molar refractivity (Wildman–Crippen MR) is 109 cm³/mol. The van der Waals surface area contributed by atoms with Gasteiger partial charge < -0.3 is 10.6 Å². The number of aliphatic imine (C=N–C) groups is 1. The summed E-state index contributed by atoms with van der Waals surface area (Å²) in [7, 11) is 0. The molecule has 0 saturated carbocycles. The van der Waals surface area contributed by atoms with Crippen LogP contribution in [0.5, 0.6) is 0 Å². The van der Waals surface area contributed by atoms with Crippen molar-refractivity contribution in [2.75, 3.05) is 32.7 Å². The Bertz CT molecular complexity index is 333. The first-order valence-corrected chi connectivity index (χ1v) is 9.06. The first-order valence-electron chi connectivity index (χ1n) is 9.06. The summed E-state index contributed by atoms with van der Waals surface area (Å²) < 4.78 is 24.8. The highest BCUT2D eigenvalue weighted by Gasteiger charge is 2.21. The van der Waals surface area contributed by atoms with E-state index >= 15 is 0 Å². The largest absolute Gasteiger partial charge is 0.357 e. The van der Waals surface area contributed by atoms with Crippen molar-refractivity contribution in [3.05, 3.63) is 0 Å². The normalized spacial score (nSPS) is 17.2. The maximum absolute atomic E-state index is 12.4. The van der Waals surface area contributed by atoms with Crippen molar-refractivity contribution >= 4 is 29.9 Å². The lowest BCUT2D eigenvalue weighted by Crippen LogP contribution is -2.49. The van der Waals surface area contributed by atoms with E-state index in [9.17, 15) is 8.78 Å². The molecule has 2 N–H and O–H groups in total. The number of hydrogen-bond acceptors (Lipinski definition) is 2. The molecule has 1 fully saturated rings. The van der Waals surface area contributed by atoms with Gasteiger partial charge in [-0.1, -0.05) is 26.7 Å². The quantitative estimate of drug-likeness (QED) is 0.239. The van der Waals surface area contributed by atoms with E-state index in [2.05, 4.69) is 36.4 Å². The molecular weight excluding hydrogens is 425 g/mol. The first kappa shape index (κ1) is 23.8. The summed E-state index contributed by atoms with van der Waals surface area (Å²) in [6, 6.07) is 0.331. The lowest BCUT2D eigenvalue weighted by atomic mass is 10.1. The van der Waals surface area contributed by atoms with Crippen LogP contribution in [-0.4, -0.2) is 56.1 Å². The fraction of sp³-hybridized carbons (Fsp3) is 0.941. The van der Waals surface area contributed by atoms with Gasteiger partial charge in [0.05, 0.1) is 6.54 Å². The topological polar surface area (TPSA) is 39.7 Å². The number of unbranched alkanes of at least 4 members (excludes halogenated alkanes) is 1. The third-order valence-electron chi connectivity index (χ3n) is 4.13. The van der Waals surface area contributed by atoms with Crippen LogP contribution in [0.1, 0.15) is 52.9 Å². The molecule has 0 atom stereocenters. The zero-order valence-electron chi connectivity index (χ0n) is 15.4. The Morgan fingerprint density at radius 3 is 2.42 bits per heavy atom. The smallest absolute Gasteiger partial charge is 0.251 e. The molecule has 0 aromatic heterocycles. The van der Waals surface area contributed by atoms with Crippen LogP contribution in [0, 0.1) is 5.92 Å². The minimum atomic E-state index is -2.23. The maximum Gasteiger partial charge on any atom is 0.251 e. The van der Waals surface area contributed by atoms with Crippen LogP contribution in [0.2, 0.25) is 0 Å². The summed E-state index contributed by atoms with van der Waals surface area (Å²) in [5, 5.41) is 6.73. The Morgan fingerprint density at radius 2 is 1.88 bits per heavy atom. The minimum absolute atomic E-state index is 0. The molecule has 4 nitrogen and oxygen atoms in total. The molecule has 0 radical (unpaired) electrons. The van der Waals surface area contributed by atoms with Crippen LogP contribution in [0.3, 0.4) is 0 Å². The molecule has 0 spiro atoms. The van der Waals surface area contributed by atoms with E-state index in [1.807, 2.05) is 4.90 Å². The van der Waals surface area contributed by atoms with Gasteiger partial charge >= 0.3 is 0 Å². The summed E-state index contributed by atoms with van der Waals surface area (Å²) in [6.45, 7) is 9.59. The second-order valence-corrected chi connectivity index (χ2v) is 6.76. The van der Waals surface area contributed by atoms with E-state index in [0.717, 1.165) is 57.3 Å². The molecule has 7 heteroatoms. The molecule has 0 aliphatic carbocycles. The van der Waals surface area contributed by atoms with Gasteiger partial charge in [-0.25, -0.2) is 8.78 Å². The fourth-order valence-corrected chi connectivity index (χ4v) is 2.82. The molecular formula is C17H35F2IN4. The second-order valence-electron chi connectivity index (χ2n) is 6.76. The number of guanidine groups is 1. The second kappa shape index (κ2) is 14.0. The van der Waals surface area contributed by atoms with E-state index in [-0.39, 0.29) is 30.5 Å². The van der Waals surface area contributed by atoms with Crippen molar-refractivity contribution in [1.82, 2.24) is 15.5 Å². The van der Waals surface area contributed by atoms with Crippen LogP contribution >= 0.6 is 24.0 Å². The molecule has 1 aliphatic rings. The Morgan fingerprint density at radius 1 is 1.21 bits per heavy atom. The van der Waals surface area contributed by atoms with Crippen LogP contribution in [-0.2, 0) is 0 Å². The number of halogens is 3. The summed E-state index contributed by atoms with van der Waals surface area (Å²) in [5.41, 5.74) is 0. The zero-order valence-corrected chi connectivity index (χ0v) is 17.7. The number of piperidine rings is 1. The number of nitrogens with zero attached hydrogens (tertiary/aromatic N) is 2. The molecule has 0 amide bonds. The third-order valence-corrected chi connectivity index (χ3v) is 4.13. The number of alkyl halides is 2. The fourth-order valence-electron chi connectivity index (χ4n) is 2.82. The molecule has 0 bridgehead atoms. The Balaban J connectivity index is 0.00000529. The maximum atomic E-state index is 12.4. The van der Waals surface area contributed by atoms with Gasteiger partial charge in [0, 0.05) is 32.2 Å². The average molecular weight is 460 g/mol. The molecule has 0 unspecified atom stereocenters. The molecule has 24 heavy (non-hydrogen) atoms. The highest BCUT2D eigenvalue weighted by atomic mass is 127. The third kappa shape index (κ3) is 11.4. The molecule has 1 heterocycles. The van der Waals surface area contributed by atoms with E-state index in [4.69, 9.17) is 0 Å². The van der Waals surface area contributed by atoms with Crippen molar-refractivity contribution in [2.45, 2.75) is 65.3 Å². The summed E-state index contributed by atoms with van der Waals surface area (Å²) in [4.78, 5) is 6.48. The molecule has 0 aromatic rings. The monoisotopic (exact) mass is 460 g/mol. The summed E-state index contributed by atoms with van der Waals surface area (Å²) in [5.74, 6) is 1.62. The minimum Gasteiger partial charge on any atom is -0.357 e. The van der Waals surface area contributed by atoms with Crippen LogP contribution in [0.4, 0.5) is 8.78 Å². The molecule has 1 rings (SSSR count).